The summed E-state index contributed by atoms with van der Waals surface area (Å²) in [7, 11) is 1.63. The largest absolute Gasteiger partial charge is 0.497 e. The summed E-state index contributed by atoms with van der Waals surface area (Å²) >= 11 is 0. The van der Waals surface area contributed by atoms with Crippen molar-refractivity contribution >= 4 is 35.0 Å². The highest BCUT2D eigenvalue weighted by atomic mass is 16.5. The topological polar surface area (TPSA) is 108 Å². The Hall–Kier alpha value is -4.14. The second kappa shape index (κ2) is 10.7. The van der Waals surface area contributed by atoms with E-state index in [-0.39, 0.29) is 24.2 Å². The molecule has 1 aromatic heterocycles. The molecule has 3 aromatic rings. The van der Waals surface area contributed by atoms with Crippen molar-refractivity contribution in [2.24, 2.45) is 5.92 Å². The summed E-state index contributed by atoms with van der Waals surface area (Å²) in [5.41, 5.74) is 2.51. The summed E-state index contributed by atoms with van der Waals surface area (Å²) in [6.45, 7) is 3.14. The van der Waals surface area contributed by atoms with Crippen molar-refractivity contribution in [1.82, 2.24) is 15.3 Å². The lowest BCUT2D eigenvalue weighted by Crippen LogP contribution is -2.35. The molecule has 1 aliphatic heterocycles. The van der Waals surface area contributed by atoms with E-state index in [1.165, 1.54) is 0 Å². The highest BCUT2D eigenvalue weighted by Gasteiger charge is 2.34. The summed E-state index contributed by atoms with van der Waals surface area (Å²) in [6, 6.07) is 18.8. The van der Waals surface area contributed by atoms with Crippen LogP contribution in [0.25, 0.3) is 0 Å². The number of anilines is 4. The lowest BCUT2D eigenvalue weighted by Gasteiger charge is -2.16. The number of carbonyl (C=O) groups excluding carboxylic acids is 2. The number of rotatable bonds is 9. The molecule has 1 atom stereocenters. The van der Waals surface area contributed by atoms with Gasteiger partial charge in [0, 0.05) is 49.2 Å². The van der Waals surface area contributed by atoms with E-state index in [1.807, 2.05) is 67.6 Å². The Kier molecular flexibility index (Phi) is 7.22. The van der Waals surface area contributed by atoms with E-state index in [2.05, 4.69) is 25.9 Å². The van der Waals surface area contributed by atoms with E-state index >= 15 is 0 Å². The molecule has 0 spiro atoms. The highest BCUT2D eigenvalue weighted by molar-refractivity contribution is 6.00. The van der Waals surface area contributed by atoms with E-state index in [9.17, 15) is 9.59 Å². The van der Waals surface area contributed by atoms with Gasteiger partial charge in [0.15, 0.2) is 0 Å². The fraction of sp³-hybridized carbons (Fsp3) is 0.280. The number of aromatic nitrogens is 2. The number of methoxy groups -OCH3 is 1. The Morgan fingerprint density at radius 3 is 2.59 bits per heavy atom. The van der Waals surface area contributed by atoms with Crippen LogP contribution in [0.4, 0.5) is 23.1 Å². The lowest BCUT2D eigenvalue weighted by molar-refractivity contribution is -0.126. The molecule has 1 aliphatic rings. The van der Waals surface area contributed by atoms with Crippen molar-refractivity contribution in [3.05, 3.63) is 66.4 Å². The fourth-order valence-corrected chi connectivity index (χ4v) is 3.78. The molecule has 4 rings (SSSR count). The van der Waals surface area contributed by atoms with Gasteiger partial charge in [0.25, 0.3) is 0 Å². The predicted octanol–water partition coefficient (Wildman–Crippen LogP) is 3.12. The number of nitrogens with one attached hydrogen (secondary N) is 3. The Labute approximate surface area is 198 Å². The second-order valence-electron chi connectivity index (χ2n) is 8.03. The van der Waals surface area contributed by atoms with Gasteiger partial charge in [-0.15, -0.1) is 0 Å². The van der Waals surface area contributed by atoms with Crippen LogP contribution in [0, 0.1) is 12.8 Å². The number of nitrogens with zero attached hydrogens (tertiary/aromatic N) is 3. The first-order chi connectivity index (χ1) is 16.5. The number of amides is 2. The third-order valence-corrected chi connectivity index (χ3v) is 5.49. The van der Waals surface area contributed by atoms with Gasteiger partial charge in [-0.2, -0.15) is 4.98 Å². The van der Waals surface area contributed by atoms with Crippen molar-refractivity contribution in [3.8, 4) is 5.75 Å². The maximum atomic E-state index is 12.6. The van der Waals surface area contributed by atoms with Gasteiger partial charge < -0.3 is 25.6 Å². The molecule has 9 nitrogen and oxygen atoms in total. The minimum atomic E-state index is -0.358. The molecule has 2 heterocycles. The average molecular weight is 461 g/mol. The van der Waals surface area contributed by atoms with E-state index in [0.717, 1.165) is 22.8 Å². The zero-order chi connectivity index (χ0) is 23.9. The average Bonchev–Trinajstić information content (AvgIpc) is 3.24. The molecule has 1 unspecified atom stereocenters. The van der Waals surface area contributed by atoms with E-state index in [0.29, 0.717) is 31.4 Å². The summed E-state index contributed by atoms with van der Waals surface area (Å²) in [6.07, 6.45) is 0.218. The molecular formula is C25H28N6O3. The SMILES string of the molecule is COc1ccc(Nc2cc(C)nc(NCCNC(=O)C3CC(=O)N(c4ccccc4)C3)n2)cc1. The molecule has 1 fully saturated rings. The standard InChI is InChI=1S/C25H28N6O3/c1-17-14-22(29-19-8-10-21(34-2)11-9-19)30-25(28-17)27-13-12-26-24(33)18-15-23(32)31(16-18)20-6-4-3-5-7-20/h3-11,14,18H,12-13,15-16H2,1-2H3,(H,26,33)(H2,27,28,29,30). The van der Waals surface area contributed by atoms with Gasteiger partial charge in [-0.3, -0.25) is 9.59 Å². The van der Waals surface area contributed by atoms with Gasteiger partial charge in [0.1, 0.15) is 11.6 Å². The smallest absolute Gasteiger partial charge is 0.227 e. The Morgan fingerprint density at radius 2 is 1.85 bits per heavy atom. The number of aryl methyl sites for hydroxylation is 1. The van der Waals surface area contributed by atoms with Crippen LogP contribution in [0.3, 0.4) is 0 Å². The zero-order valence-electron chi connectivity index (χ0n) is 19.2. The third kappa shape index (κ3) is 5.80. The van der Waals surface area contributed by atoms with Gasteiger partial charge in [0.2, 0.25) is 17.8 Å². The Balaban J connectivity index is 1.26. The normalized spacial score (nSPS) is 15.2. The number of para-hydroxylation sites is 1. The van der Waals surface area contributed by atoms with Crippen molar-refractivity contribution in [1.29, 1.82) is 0 Å². The molecule has 34 heavy (non-hydrogen) atoms. The van der Waals surface area contributed by atoms with E-state index < -0.39 is 0 Å². The van der Waals surface area contributed by atoms with E-state index in [1.54, 1.807) is 12.0 Å². The molecule has 176 valence electrons. The number of ether oxygens (including phenoxy) is 1. The van der Waals surface area contributed by atoms with Crippen LogP contribution < -0.4 is 25.6 Å². The quantitative estimate of drug-likeness (QED) is 0.421. The van der Waals surface area contributed by atoms with Crippen molar-refractivity contribution in [2.75, 3.05) is 42.3 Å². The first-order valence-corrected chi connectivity index (χ1v) is 11.2. The van der Waals surface area contributed by atoms with E-state index in [4.69, 9.17) is 4.74 Å². The maximum Gasteiger partial charge on any atom is 0.227 e. The van der Waals surface area contributed by atoms with Crippen LogP contribution in [0.1, 0.15) is 12.1 Å². The van der Waals surface area contributed by atoms with Crippen LogP contribution in [0.5, 0.6) is 5.75 Å². The van der Waals surface area contributed by atoms with Gasteiger partial charge in [-0.1, -0.05) is 18.2 Å². The number of hydrogen-bond acceptors (Lipinski definition) is 7. The Morgan fingerprint density at radius 1 is 1.09 bits per heavy atom. The molecule has 1 saturated heterocycles. The van der Waals surface area contributed by atoms with Gasteiger partial charge >= 0.3 is 0 Å². The first-order valence-electron chi connectivity index (χ1n) is 11.2. The van der Waals surface area contributed by atoms with Crippen LogP contribution in [-0.2, 0) is 9.59 Å². The Bertz CT molecular complexity index is 1140. The first kappa shape index (κ1) is 23.0. The summed E-state index contributed by atoms with van der Waals surface area (Å²) in [5.74, 6) is 1.40. The minimum Gasteiger partial charge on any atom is -0.497 e. The minimum absolute atomic E-state index is 0.0328. The lowest BCUT2D eigenvalue weighted by atomic mass is 10.1. The molecule has 9 heteroatoms. The van der Waals surface area contributed by atoms with Gasteiger partial charge in [0.05, 0.1) is 13.0 Å². The van der Waals surface area contributed by atoms with Crippen molar-refractivity contribution in [3.63, 3.8) is 0 Å². The number of hydrogen-bond donors (Lipinski definition) is 3. The summed E-state index contributed by atoms with van der Waals surface area (Å²) in [4.78, 5) is 35.5. The zero-order valence-corrected chi connectivity index (χ0v) is 19.2. The third-order valence-electron chi connectivity index (χ3n) is 5.49. The molecule has 0 radical (unpaired) electrons. The number of carbonyl (C=O) groups is 2. The summed E-state index contributed by atoms with van der Waals surface area (Å²) in [5, 5.41) is 9.30. The monoisotopic (exact) mass is 460 g/mol. The molecule has 3 N–H and O–H groups in total. The second-order valence-corrected chi connectivity index (χ2v) is 8.03. The highest BCUT2D eigenvalue weighted by Crippen LogP contribution is 2.25. The van der Waals surface area contributed by atoms with Crippen molar-refractivity contribution < 1.29 is 14.3 Å². The van der Waals surface area contributed by atoms with Crippen LogP contribution >= 0.6 is 0 Å². The fourth-order valence-electron chi connectivity index (χ4n) is 3.78. The number of benzene rings is 2. The molecule has 0 aliphatic carbocycles. The molecule has 0 bridgehead atoms. The summed E-state index contributed by atoms with van der Waals surface area (Å²) < 4.78 is 5.18. The van der Waals surface area contributed by atoms with Crippen LogP contribution in [0.2, 0.25) is 0 Å². The van der Waals surface area contributed by atoms with Crippen LogP contribution in [-0.4, -0.2) is 48.5 Å². The van der Waals surface area contributed by atoms with Gasteiger partial charge in [-0.25, -0.2) is 4.98 Å². The molecular weight excluding hydrogens is 432 g/mol. The molecule has 2 aromatic carbocycles. The van der Waals surface area contributed by atoms with Crippen LogP contribution in [0.15, 0.2) is 60.7 Å². The predicted molar refractivity (Wildman–Crippen MR) is 131 cm³/mol. The van der Waals surface area contributed by atoms with Crippen molar-refractivity contribution in [2.45, 2.75) is 13.3 Å². The molecule has 2 amide bonds. The maximum absolute atomic E-state index is 12.6. The van der Waals surface area contributed by atoms with Gasteiger partial charge in [-0.05, 0) is 43.3 Å². The molecule has 0 saturated carbocycles.